The fourth-order valence-corrected chi connectivity index (χ4v) is 3.52. The summed E-state index contributed by atoms with van der Waals surface area (Å²) in [5.74, 6) is 1.23. The monoisotopic (exact) mass is 362 g/mol. The zero-order chi connectivity index (χ0) is 18.0. The standard InChI is InChI=1S/C17H22N4O3S/c1-12(2)24-17-16(18-8-9-19-17)21-10-7-14-13(11-21)5-4-6-15(14)20-25(3,22)23/h4-6,8-9,12,20H,7,10-11H2,1-3H3. The summed E-state index contributed by atoms with van der Waals surface area (Å²) in [6.07, 6.45) is 5.16. The summed E-state index contributed by atoms with van der Waals surface area (Å²) in [5, 5.41) is 0. The van der Waals surface area contributed by atoms with Crippen LogP contribution in [0.4, 0.5) is 11.5 Å². The largest absolute Gasteiger partial charge is 0.472 e. The van der Waals surface area contributed by atoms with Gasteiger partial charge < -0.3 is 9.64 Å². The van der Waals surface area contributed by atoms with Crippen molar-refractivity contribution in [1.29, 1.82) is 0 Å². The van der Waals surface area contributed by atoms with Gasteiger partial charge in [-0.05, 0) is 37.5 Å². The van der Waals surface area contributed by atoms with Gasteiger partial charge in [-0.15, -0.1) is 0 Å². The lowest BCUT2D eigenvalue weighted by atomic mass is 9.98. The lowest BCUT2D eigenvalue weighted by molar-refractivity contribution is 0.232. The van der Waals surface area contributed by atoms with Crippen LogP contribution in [0.3, 0.4) is 0 Å². The Kier molecular flexibility index (Phi) is 4.80. The number of ether oxygens (including phenoxy) is 1. The Balaban J connectivity index is 1.89. The Bertz CT molecular complexity index is 868. The number of hydrogen-bond donors (Lipinski definition) is 1. The molecule has 0 amide bonds. The van der Waals surface area contributed by atoms with Crippen molar-refractivity contribution in [3.05, 3.63) is 41.7 Å². The first-order valence-corrected chi connectivity index (χ1v) is 10.0. The van der Waals surface area contributed by atoms with E-state index in [1.165, 1.54) is 0 Å². The van der Waals surface area contributed by atoms with Gasteiger partial charge in [0.15, 0.2) is 5.82 Å². The van der Waals surface area contributed by atoms with Gasteiger partial charge >= 0.3 is 0 Å². The van der Waals surface area contributed by atoms with E-state index >= 15 is 0 Å². The second-order valence-electron chi connectivity index (χ2n) is 6.34. The maximum atomic E-state index is 11.6. The molecule has 0 bridgehead atoms. The van der Waals surface area contributed by atoms with Gasteiger partial charge in [0.05, 0.1) is 18.0 Å². The van der Waals surface area contributed by atoms with E-state index in [1.54, 1.807) is 18.5 Å². The minimum absolute atomic E-state index is 0.0121. The molecule has 0 fully saturated rings. The van der Waals surface area contributed by atoms with E-state index in [1.807, 2.05) is 26.0 Å². The Labute approximate surface area is 148 Å². The van der Waals surface area contributed by atoms with E-state index in [4.69, 9.17) is 4.74 Å². The minimum Gasteiger partial charge on any atom is -0.472 e. The Morgan fingerprint density at radius 2 is 2.00 bits per heavy atom. The maximum Gasteiger partial charge on any atom is 0.257 e. The van der Waals surface area contributed by atoms with Crippen molar-refractivity contribution in [1.82, 2.24) is 9.97 Å². The number of nitrogens with zero attached hydrogens (tertiary/aromatic N) is 3. The average molecular weight is 362 g/mol. The summed E-state index contributed by atoms with van der Waals surface area (Å²) in [7, 11) is -3.30. The number of sulfonamides is 1. The molecular formula is C17H22N4O3S. The van der Waals surface area contributed by atoms with E-state index in [0.29, 0.717) is 36.9 Å². The van der Waals surface area contributed by atoms with Gasteiger partial charge in [-0.3, -0.25) is 4.72 Å². The molecule has 8 heteroatoms. The van der Waals surface area contributed by atoms with Crippen LogP contribution >= 0.6 is 0 Å². The lowest BCUT2D eigenvalue weighted by Gasteiger charge is -2.31. The van der Waals surface area contributed by atoms with Gasteiger partial charge in [0.25, 0.3) is 5.88 Å². The number of aromatic nitrogens is 2. The quantitative estimate of drug-likeness (QED) is 0.878. The highest BCUT2D eigenvalue weighted by Gasteiger charge is 2.23. The summed E-state index contributed by atoms with van der Waals surface area (Å²) in [4.78, 5) is 10.8. The third-order valence-corrected chi connectivity index (χ3v) is 4.45. The van der Waals surface area contributed by atoms with Gasteiger partial charge in [0.2, 0.25) is 10.0 Å². The molecule has 0 radical (unpaired) electrons. The first-order valence-electron chi connectivity index (χ1n) is 8.14. The SMILES string of the molecule is CC(C)Oc1nccnc1N1CCc2c(cccc2NS(C)(=O)=O)C1. The maximum absolute atomic E-state index is 11.6. The third kappa shape index (κ3) is 4.19. The molecule has 1 aliphatic rings. The Morgan fingerprint density at radius 1 is 1.24 bits per heavy atom. The van der Waals surface area contributed by atoms with Crippen molar-refractivity contribution in [2.45, 2.75) is 32.9 Å². The van der Waals surface area contributed by atoms with Crippen LogP contribution in [0, 0.1) is 0 Å². The van der Waals surface area contributed by atoms with E-state index in [0.717, 1.165) is 17.4 Å². The molecule has 0 unspecified atom stereocenters. The molecule has 0 saturated heterocycles. The van der Waals surface area contributed by atoms with Crippen LogP contribution in [0.2, 0.25) is 0 Å². The molecule has 0 spiro atoms. The van der Waals surface area contributed by atoms with E-state index < -0.39 is 10.0 Å². The van der Waals surface area contributed by atoms with Crippen molar-refractivity contribution in [3.8, 4) is 5.88 Å². The van der Waals surface area contributed by atoms with Crippen molar-refractivity contribution in [2.24, 2.45) is 0 Å². The number of benzene rings is 1. The lowest BCUT2D eigenvalue weighted by Crippen LogP contribution is -2.32. The summed E-state index contributed by atoms with van der Waals surface area (Å²) < 4.78 is 31.5. The van der Waals surface area contributed by atoms with Gasteiger partial charge in [-0.2, -0.15) is 0 Å². The first kappa shape index (κ1) is 17.5. The summed E-state index contributed by atoms with van der Waals surface area (Å²) in [5.41, 5.74) is 2.75. The zero-order valence-corrected chi connectivity index (χ0v) is 15.4. The fourth-order valence-electron chi connectivity index (χ4n) is 2.93. The normalized spacial score (nSPS) is 14.3. The molecule has 7 nitrogen and oxygen atoms in total. The highest BCUT2D eigenvalue weighted by atomic mass is 32.2. The molecule has 2 heterocycles. The van der Waals surface area contributed by atoms with Crippen LogP contribution in [0.25, 0.3) is 0 Å². The topological polar surface area (TPSA) is 84.4 Å². The summed E-state index contributed by atoms with van der Waals surface area (Å²) in [6, 6.07) is 5.66. The molecular weight excluding hydrogens is 340 g/mol. The van der Waals surface area contributed by atoms with E-state index in [9.17, 15) is 8.42 Å². The third-order valence-electron chi connectivity index (χ3n) is 3.85. The van der Waals surface area contributed by atoms with Gasteiger partial charge in [0, 0.05) is 25.5 Å². The van der Waals surface area contributed by atoms with E-state index in [2.05, 4.69) is 19.6 Å². The predicted molar refractivity (Wildman–Crippen MR) is 97.5 cm³/mol. The fraction of sp³-hybridized carbons (Fsp3) is 0.412. The predicted octanol–water partition coefficient (Wildman–Crippen LogP) is 2.20. The van der Waals surface area contributed by atoms with Crippen molar-refractivity contribution in [2.75, 3.05) is 22.4 Å². The molecule has 2 aromatic rings. The van der Waals surface area contributed by atoms with Crippen molar-refractivity contribution in [3.63, 3.8) is 0 Å². The molecule has 134 valence electrons. The van der Waals surface area contributed by atoms with Crippen LogP contribution in [0.1, 0.15) is 25.0 Å². The summed E-state index contributed by atoms with van der Waals surface area (Å²) >= 11 is 0. The molecule has 1 aliphatic heterocycles. The molecule has 1 aromatic heterocycles. The average Bonchev–Trinajstić information content (AvgIpc) is 2.53. The van der Waals surface area contributed by atoms with E-state index in [-0.39, 0.29) is 6.10 Å². The second kappa shape index (κ2) is 6.87. The molecule has 3 rings (SSSR count). The number of anilines is 2. The number of hydrogen-bond acceptors (Lipinski definition) is 6. The van der Waals surface area contributed by atoms with Gasteiger partial charge in [-0.1, -0.05) is 12.1 Å². The number of nitrogens with one attached hydrogen (secondary N) is 1. The molecule has 0 atom stereocenters. The van der Waals surface area contributed by atoms with Crippen molar-refractivity contribution >= 4 is 21.5 Å². The molecule has 1 N–H and O–H groups in total. The first-order chi connectivity index (χ1) is 11.8. The Morgan fingerprint density at radius 3 is 2.72 bits per heavy atom. The van der Waals surface area contributed by atoms with Crippen LogP contribution in [-0.2, 0) is 23.0 Å². The van der Waals surface area contributed by atoms with Crippen LogP contribution in [0.5, 0.6) is 5.88 Å². The highest BCUT2D eigenvalue weighted by molar-refractivity contribution is 7.92. The number of rotatable bonds is 5. The molecule has 25 heavy (non-hydrogen) atoms. The van der Waals surface area contributed by atoms with Gasteiger partial charge in [0.1, 0.15) is 0 Å². The zero-order valence-electron chi connectivity index (χ0n) is 14.6. The summed E-state index contributed by atoms with van der Waals surface area (Å²) in [6.45, 7) is 5.24. The van der Waals surface area contributed by atoms with Crippen molar-refractivity contribution < 1.29 is 13.2 Å². The second-order valence-corrected chi connectivity index (χ2v) is 8.09. The minimum atomic E-state index is -3.30. The molecule has 1 aromatic carbocycles. The molecule has 0 aliphatic carbocycles. The van der Waals surface area contributed by atoms with Crippen LogP contribution in [-0.4, -0.2) is 37.3 Å². The highest BCUT2D eigenvalue weighted by Crippen LogP contribution is 2.32. The number of fused-ring (bicyclic) bond motifs is 1. The Hall–Kier alpha value is -2.35. The van der Waals surface area contributed by atoms with Gasteiger partial charge in [-0.25, -0.2) is 18.4 Å². The smallest absolute Gasteiger partial charge is 0.257 e. The molecule has 0 saturated carbocycles. The van der Waals surface area contributed by atoms with Crippen LogP contribution in [0.15, 0.2) is 30.6 Å². The van der Waals surface area contributed by atoms with Crippen LogP contribution < -0.4 is 14.4 Å².